The molecule has 0 aliphatic carbocycles. The Kier molecular flexibility index (Phi) is 7.28. The number of nitrogens with one attached hydrogen (secondary N) is 1. The number of halogens is 5. The molecule has 12 heteroatoms. The molecular weight excluding hydrogens is 518 g/mol. The number of amides is 1. The monoisotopic (exact) mass is 537 g/mol. The van der Waals surface area contributed by atoms with Crippen molar-refractivity contribution in [2.24, 2.45) is 0 Å². The molecule has 1 N–H and O–H groups in total. The minimum absolute atomic E-state index is 0.0155. The van der Waals surface area contributed by atoms with Crippen LogP contribution in [0.1, 0.15) is 33.0 Å². The van der Waals surface area contributed by atoms with Gasteiger partial charge >= 0.3 is 6.18 Å². The van der Waals surface area contributed by atoms with Crippen LogP contribution in [0.4, 0.5) is 18.9 Å². The minimum Gasteiger partial charge on any atom is -0.470 e. The van der Waals surface area contributed by atoms with Crippen LogP contribution in [0.3, 0.4) is 0 Å². The highest BCUT2D eigenvalue weighted by Gasteiger charge is 2.30. The topological polar surface area (TPSA) is 74.0 Å². The molecule has 7 nitrogen and oxygen atoms in total. The highest BCUT2D eigenvalue weighted by atomic mass is 35.5. The van der Waals surface area contributed by atoms with E-state index in [4.69, 9.17) is 27.9 Å². The van der Waals surface area contributed by atoms with E-state index < -0.39 is 17.6 Å². The van der Waals surface area contributed by atoms with Crippen LogP contribution in [0.5, 0.6) is 5.75 Å². The summed E-state index contributed by atoms with van der Waals surface area (Å²) in [6.45, 7) is 3.56. The molecule has 1 amide bonds. The van der Waals surface area contributed by atoms with Crippen molar-refractivity contribution in [3.63, 3.8) is 0 Å². The van der Waals surface area contributed by atoms with Gasteiger partial charge in [0, 0.05) is 11.2 Å². The first-order chi connectivity index (χ1) is 17.0. The summed E-state index contributed by atoms with van der Waals surface area (Å²) in [6, 6.07) is 11.4. The number of ether oxygens (including phenoxy) is 1. The van der Waals surface area contributed by atoms with Gasteiger partial charge in [-0.25, -0.2) is 4.68 Å². The second-order valence-corrected chi connectivity index (χ2v) is 8.79. The first kappa shape index (κ1) is 25.6. The van der Waals surface area contributed by atoms with Crippen molar-refractivity contribution < 1.29 is 22.7 Å². The lowest BCUT2D eigenvalue weighted by atomic mass is 10.1. The predicted octanol–water partition coefficient (Wildman–Crippen LogP) is 6.36. The molecule has 4 rings (SSSR count). The number of alkyl halides is 3. The summed E-state index contributed by atoms with van der Waals surface area (Å²) < 4.78 is 47.7. The molecule has 0 radical (unpaired) electrons. The number of nitrogens with zero attached hydrogens (tertiary/aromatic N) is 4. The number of anilines is 1. The zero-order valence-electron chi connectivity index (χ0n) is 19.1. The maximum Gasteiger partial charge on any atom is 0.416 e. The van der Waals surface area contributed by atoms with E-state index in [9.17, 15) is 18.0 Å². The smallest absolute Gasteiger partial charge is 0.416 e. The van der Waals surface area contributed by atoms with E-state index in [1.807, 2.05) is 0 Å². The Hall–Kier alpha value is -3.50. The fraction of sp³-hybridized carbons (Fsp3) is 0.208. The van der Waals surface area contributed by atoms with Crippen molar-refractivity contribution in [2.45, 2.75) is 33.3 Å². The van der Waals surface area contributed by atoms with Gasteiger partial charge in [0.25, 0.3) is 5.91 Å². The number of hydrogen-bond acceptors (Lipinski definition) is 4. The maximum atomic E-state index is 13.0. The van der Waals surface area contributed by atoms with Crippen molar-refractivity contribution in [1.29, 1.82) is 0 Å². The lowest BCUT2D eigenvalue weighted by Crippen LogP contribution is -2.15. The van der Waals surface area contributed by atoms with Crippen LogP contribution in [0, 0.1) is 13.8 Å². The lowest BCUT2D eigenvalue weighted by Gasteiger charge is -2.10. The van der Waals surface area contributed by atoms with Crippen molar-refractivity contribution >= 4 is 34.8 Å². The van der Waals surface area contributed by atoms with Crippen LogP contribution in [0.2, 0.25) is 10.0 Å². The Balaban J connectivity index is 1.43. The molecule has 2 heterocycles. The van der Waals surface area contributed by atoms with Crippen molar-refractivity contribution in [3.05, 3.63) is 93.0 Å². The number of rotatable bonds is 7. The van der Waals surface area contributed by atoms with Gasteiger partial charge in [0.15, 0.2) is 12.4 Å². The summed E-state index contributed by atoms with van der Waals surface area (Å²) in [7, 11) is 0. The molecular formula is C24H20Cl2F3N5O2. The van der Waals surface area contributed by atoms with E-state index in [-0.39, 0.29) is 19.0 Å². The van der Waals surface area contributed by atoms with Crippen LogP contribution in [-0.2, 0) is 19.5 Å². The van der Waals surface area contributed by atoms with Crippen LogP contribution in [0.15, 0.2) is 54.7 Å². The number of carbonyl (C=O) groups is 1. The molecule has 36 heavy (non-hydrogen) atoms. The summed E-state index contributed by atoms with van der Waals surface area (Å²) in [5.74, 6) is -0.0508. The highest BCUT2D eigenvalue weighted by molar-refractivity contribution is 6.35. The number of benzene rings is 2. The molecule has 0 saturated heterocycles. The van der Waals surface area contributed by atoms with Crippen molar-refractivity contribution in [2.75, 3.05) is 5.32 Å². The molecule has 0 spiro atoms. The fourth-order valence-electron chi connectivity index (χ4n) is 3.51. The zero-order valence-corrected chi connectivity index (χ0v) is 20.6. The van der Waals surface area contributed by atoms with Gasteiger partial charge in [-0.15, -0.1) is 0 Å². The second kappa shape index (κ2) is 10.2. The average molecular weight is 538 g/mol. The van der Waals surface area contributed by atoms with Gasteiger partial charge in [0.05, 0.1) is 34.2 Å². The molecule has 4 aromatic rings. The van der Waals surface area contributed by atoms with Crippen LogP contribution in [-0.4, -0.2) is 25.5 Å². The van der Waals surface area contributed by atoms with E-state index in [0.29, 0.717) is 38.4 Å². The Morgan fingerprint density at radius 2 is 1.86 bits per heavy atom. The minimum atomic E-state index is -4.43. The van der Waals surface area contributed by atoms with E-state index in [2.05, 4.69) is 15.5 Å². The zero-order chi connectivity index (χ0) is 26.0. The van der Waals surface area contributed by atoms with Gasteiger partial charge in [0.1, 0.15) is 5.75 Å². The van der Waals surface area contributed by atoms with Crippen molar-refractivity contribution in [1.82, 2.24) is 19.6 Å². The van der Waals surface area contributed by atoms with Crippen LogP contribution in [0.25, 0.3) is 0 Å². The number of aryl methyl sites for hydroxylation is 1. The third-order valence-corrected chi connectivity index (χ3v) is 5.86. The van der Waals surface area contributed by atoms with Gasteiger partial charge < -0.3 is 10.1 Å². The molecule has 0 saturated carbocycles. The fourth-order valence-corrected chi connectivity index (χ4v) is 3.97. The SMILES string of the molecule is Cc1nn(Cc2cccc(C(F)(F)F)c2)c(C)c1NC(=O)c1ccn(COc2ccc(Cl)cc2Cl)n1. The molecule has 0 atom stereocenters. The van der Waals surface area contributed by atoms with Gasteiger partial charge in [0.2, 0.25) is 0 Å². The van der Waals surface area contributed by atoms with Gasteiger partial charge in [-0.05, 0) is 55.8 Å². The highest BCUT2D eigenvalue weighted by Crippen LogP contribution is 2.30. The van der Waals surface area contributed by atoms with Gasteiger partial charge in [-0.2, -0.15) is 23.4 Å². The Morgan fingerprint density at radius 3 is 2.58 bits per heavy atom. The van der Waals surface area contributed by atoms with Crippen LogP contribution >= 0.6 is 23.2 Å². The summed E-state index contributed by atoms with van der Waals surface area (Å²) in [5.41, 5.74) is 1.43. The summed E-state index contributed by atoms with van der Waals surface area (Å²) in [6.07, 6.45) is -2.85. The number of hydrogen-bond donors (Lipinski definition) is 1. The van der Waals surface area contributed by atoms with E-state index in [1.54, 1.807) is 49.0 Å². The Bertz CT molecular complexity index is 1420. The Labute approximate surface area is 214 Å². The molecule has 188 valence electrons. The third kappa shape index (κ3) is 5.83. The third-order valence-electron chi connectivity index (χ3n) is 5.33. The summed E-state index contributed by atoms with van der Waals surface area (Å²) in [4.78, 5) is 12.8. The predicted molar refractivity (Wildman–Crippen MR) is 130 cm³/mol. The second-order valence-electron chi connectivity index (χ2n) is 7.94. The van der Waals surface area contributed by atoms with E-state index >= 15 is 0 Å². The number of aromatic nitrogens is 4. The molecule has 0 aliphatic rings. The molecule has 0 fully saturated rings. The first-order valence-corrected chi connectivity index (χ1v) is 11.4. The summed E-state index contributed by atoms with van der Waals surface area (Å²) >= 11 is 12.0. The molecule has 0 bridgehead atoms. The molecule has 2 aromatic carbocycles. The van der Waals surface area contributed by atoms with Gasteiger partial charge in [-0.3, -0.25) is 9.48 Å². The number of carbonyl (C=O) groups excluding carboxylic acids is 1. The lowest BCUT2D eigenvalue weighted by molar-refractivity contribution is -0.137. The Morgan fingerprint density at radius 1 is 1.08 bits per heavy atom. The van der Waals surface area contributed by atoms with Crippen molar-refractivity contribution in [3.8, 4) is 5.75 Å². The standard InChI is InChI=1S/C24H20Cl2F3N5O2/c1-14-22(15(2)34(31-14)12-16-4-3-5-17(10-16)24(27,28)29)30-23(35)20-8-9-33(32-20)13-36-21-7-6-18(25)11-19(21)26/h3-11H,12-13H2,1-2H3,(H,30,35). The quantitative estimate of drug-likeness (QED) is 0.297. The van der Waals surface area contributed by atoms with Gasteiger partial charge in [-0.1, -0.05) is 35.3 Å². The normalized spacial score (nSPS) is 11.5. The molecule has 0 unspecified atom stereocenters. The largest absolute Gasteiger partial charge is 0.470 e. The van der Waals surface area contributed by atoms with Crippen LogP contribution < -0.4 is 10.1 Å². The first-order valence-electron chi connectivity index (χ1n) is 10.6. The summed E-state index contributed by atoms with van der Waals surface area (Å²) in [5, 5.41) is 12.2. The molecule has 0 aliphatic heterocycles. The van der Waals surface area contributed by atoms with E-state index in [1.165, 1.54) is 16.8 Å². The molecule has 2 aromatic heterocycles. The van der Waals surface area contributed by atoms with E-state index in [0.717, 1.165) is 12.1 Å². The average Bonchev–Trinajstić information content (AvgIpc) is 3.39. The maximum absolute atomic E-state index is 13.0.